The summed E-state index contributed by atoms with van der Waals surface area (Å²) in [5.74, 6) is 0.100. The number of fused-ring (bicyclic) bond motifs is 1. The van der Waals surface area contributed by atoms with Gasteiger partial charge in [-0.05, 0) is 35.7 Å². The Morgan fingerprint density at radius 3 is 2.66 bits per heavy atom. The van der Waals surface area contributed by atoms with Gasteiger partial charge < -0.3 is 24.5 Å². The quantitative estimate of drug-likeness (QED) is 0.720. The maximum Gasteiger partial charge on any atom is 0.344 e. The molecular weight excluding hydrogens is 376 g/mol. The number of benzene rings is 1. The van der Waals surface area contributed by atoms with Gasteiger partial charge in [-0.25, -0.2) is 4.79 Å². The van der Waals surface area contributed by atoms with Crippen molar-refractivity contribution in [1.82, 2.24) is 10.3 Å². The number of hydrogen-bond donors (Lipinski definition) is 2. The third kappa shape index (κ3) is 5.16. The first-order valence-corrected chi connectivity index (χ1v) is 9.49. The van der Waals surface area contributed by atoms with E-state index in [1.807, 2.05) is 32.0 Å². The fourth-order valence-corrected chi connectivity index (χ4v) is 3.01. The Morgan fingerprint density at radius 1 is 1.17 bits per heavy atom. The van der Waals surface area contributed by atoms with E-state index in [1.165, 1.54) is 18.3 Å². The Balaban J connectivity index is 1.65. The SMILES string of the molecule is CC(C)[C@@H](NC(=O)COC(=O)c1ccc[nH]c1=O)c1ccc2c(c1)OCCCO2. The lowest BCUT2D eigenvalue weighted by Gasteiger charge is -2.23. The number of aromatic amines is 1. The first kappa shape index (κ1) is 20.4. The van der Waals surface area contributed by atoms with Gasteiger partial charge in [-0.15, -0.1) is 0 Å². The number of H-pyrrole nitrogens is 1. The van der Waals surface area contributed by atoms with Gasteiger partial charge in [0.15, 0.2) is 18.1 Å². The molecule has 1 atom stereocenters. The van der Waals surface area contributed by atoms with Gasteiger partial charge in [-0.2, -0.15) is 0 Å². The number of esters is 1. The molecule has 0 fully saturated rings. The number of ether oxygens (including phenoxy) is 3. The smallest absolute Gasteiger partial charge is 0.344 e. The van der Waals surface area contributed by atoms with E-state index < -0.39 is 24.0 Å². The number of hydrogen-bond acceptors (Lipinski definition) is 6. The normalized spacial score (nSPS) is 14.0. The molecule has 1 aromatic carbocycles. The maximum atomic E-state index is 12.4. The summed E-state index contributed by atoms with van der Waals surface area (Å²) >= 11 is 0. The van der Waals surface area contributed by atoms with E-state index in [1.54, 1.807) is 0 Å². The molecule has 1 aromatic heterocycles. The van der Waals surface area contributed by atoms with E-state index in [0.717, 1.165) is 12.0 Å². The van der Waals surface area contributed by atoms with Crippen LogP contribution in [-0.4, -0.2) is 36.7 Å². The van der Waals surface area contributed by atoms with Crippen LogP contribution in [0.25, 0.3) is 0 Å². The van der Waals surface area contributed by atoms with Crippen molar-refractivity contribution >= 4 is 11.9 Å². The number of pyridine rings is 1. The van der Waals surface area contributed by atoms with Crippen LogP contribution in [0.5, 0.6) is 11.5 Å². The second-order valence-corrected chi connectivity index (χ2v) is 7.03. The molecule has 0 saturated heterocycles. The highest BCUT2D eigenvalue weighted by molar-refractivity contribution is 5.90. The van der Waals surface area contributed by atoms with Crippen molar-refractivity contribution in [3.05, 3.63) is 58.0 Å². The molecule has 154 valence electrons. The highest BCUT2D eigenvalue weighted by Crippen LogP contribution is 2.34. The summed E-state index contributed by atoms with van der Waals surface area (Å²) in [5, 5.41) is 2.88. The monoisotopic (exact) mass is 400 g/mol. The molecule has 8 heteroatoms. The van der Waals surface area contributed by atoms with Crippen molar-refractivity contribution in [2.75, 3.05) is 19.8 Å². The van der Waals surface area contributed by atoms with E-state index in [4.69, 9.17) is 14.2 Å². The average Bonchev–Trinajstić information content (AvgIpc) is 2.95. The summed E-state index contributed by atoms with van der Waals surface area (Å²) in [6.45, 7) is 4.64. The van der Waals surface area contributed by atoms with Gasteiger partial charge in [0.25, 0.3) is 11.5 Å². The molecule has 1 aliphatic heterocycles. The Bertz CT molecular complexity index is 937. The summed E-state index contributed by atoms with van der Waals surface area (Å²) in [6, 6.07) is 8.12. The van der Waals surface area contributed by atoms with Crippen molar-refractivity contribution in [3.63, 3.8) is 0 Å². The van der Waals surface area contributed by atoms with E-state index in [2.05, 4.69) is 10.3 Å². The zero-order valence-corrected chi connectivity index (χ0v) is 16.4. The van der Waals surface area contributed by atoms with Gasteiger partial charge in [0.05, 0.1) is 19.3 Å². The number of rotatable bonds is 6. The minimum absolute atomic E-state index is 0.0800. The summed E-state index contributed by atoms with van der Waals surface area (Å²) < 4.78 is 16.3. The molecule has 1 amide bonds. The number of nitrogens with one attached hydrogen (secondary N) is 2. The molecule has 0 bridgehead atoms. The lowest BCUT2D eigenvalue weighted by atomic mass is 9.95. The highest BCUT2D eigenvalue weighted by Gasteiger charge is 2.22. The minimum Gasteiger partial charge on any atom is -0.490 e. The molecule has 3 rings (SSSR count). The van der Waals surface area contributed by atoms with E-state index in [-0.39, 0.29) is 17.5 Å². The highest BCUT2D eigenvalue weighted by atomic mass is 16.5. The molecular formula is C21H24N2O6. The molecule has 2 heterocycles. The molecule has 2 aromatic rings. The Kier molecular flexibility index (Phi) is 6.54. The second kappa shape index (κ2) is 9.27. The standard InChI is InChI=1S/C21H24N2O6/c1-13(2)19(14-6-7-16-17(11-14)28-10-4-9-27-16)23-18(24)12-29-21(26)15-5-3-8-22-20(15)25/h3,5-8,11,13,19H,4,9-10,12H2,1-2H3,(H,22,25)(H,23,24)/t19-/m1/s1. The fourth-order valence-electron chi connectivity index (χ4n) is 3.01. The van der Waals surface area contributed by atoms with Crippen LogP contribution in [0.15, 0.2) is 41.3 Å². The first-order chi connectivity index (χ1) is 14.0. The van der Waals surface area contributed by atoms with Crippen LogP contribution in [0, 0.1) is 5.92 Å². The van der Waals surface area contributed by atoms with Gasteiger partial charge in [0.2, 0.25) is 0 Å². The first-order valence-electron chi connectivity index (χ1n) is 9.49. The zero-order chi connectivity index (χ0) is 20.8. The predicted octanol–water partition coefficient (Wildman–Crippen LogP) is 2.21. The number of carbonyl (C=O) groups excluding carboxylic acids is 2. The van der Waals surface area contributed by atoms with Gasteiger partial charge in [0, 0.05) is 12.6 Å². The van der Waals surface area contributed by atoms with Crippen molar-refractivity contribution in [3.8, 4) is 11.5 Å². The Hall–Kier alpha value is -3.29. The molecule has 0 radical (unpaired) electrons. The van der Waals surface area contributed by atoms with Crippen LogP contribution < -0.4 is 20.3 Å². The van der Waals surface area contributed by atoms with Gasteiger partial charge in [-0.3, -0.25) is 9.59 Å². The van der Waals surface area contributed by atoms with E-state index in [9.17, 15) is 14.4 Å². The van der Waals surface area contributed by atoms with E-state index in [0.29, 0.717) is 24.7 Å². The van der Waals surface area contributed by atoms with Crippen LogP contribution in [0.4, 0.5) is 0 Å². The largest absolute Gasteiger partial charge is 0.490 e. The van der Waals surface area contributed by atoms with Crippen molar-refractivity contribution in [1.29, 1.82) is 0 Å². The fraction of sp³-hybridized carbons (Fsp3) is 0.381. The molecule has 0 aliphatic carbocycles. The lowest BCUT2D eigenvalue weighted by molar-refractivity contribution is -0.125. The third-order valence-electron chi connectivity index (χ3n) is 4.49. The van der Waals surface area contributed by atoms with Crippen molar-refractivity contribution in [2.45, 2.75) is 26.3 Å². The van der Waals surface area contributed by atoms with Gasteiger partial charge in [-0.1, -0.05) is 19.9 Å². The van der Waals surface area contributed by atoms with Crippen molar-refractivity contribution in [2.24, 2.45) is 5.92 Å². The van der Waals surface area contributed by atoms with Crippen LogP contribution in [-0.2, 0) is 9.53 Å². The summed E-state index contributed by atoms with van der Waals surface area (Å²) in [5.41, 5.74) is 0.150. The lowest BCUT2D eigenvalue weighted by Crippen LogP contribution is -2.35. The Labute approximate surface area is 168 Å². The second-order valence-electron chi connectivity index (χ2n) is 7.03. The molecule has 1 aliphatic rings. The van der Waals surface area contributed by atoms with Gasteiger partial charge >= 0.3 is 5.97 Å². The molecule has 0 saturated carbocycles. The summed E-state index contributed by atoms with van der Waals surface area (Å²) in [6.07, 6.45) is 2.22. The van der Waals surface area contributed by atoms with Gasteiger partial charge in [0.1, 0.15) is 5.56 Å². The molecule has 8 nitrogen and oxygen atoms in total. The van der Waals surface area contributed by atoms with Crippen molar-refractivity contribution < 1.29 is 23.8 Å². The number of amides is 1. The predicted molar refractivity (Wildman–Crippen MR) is 105 cm³/mol. The topological polar surface area (TPSA) is 107 Å². The average molecular weight is 400 g/mol. The van der Waals surface area contributed by atoms with Crippen LogP contribution in [0.2, 0.25) is 0 Å². The summed E-state index contributed by atoms with van der Waals surface area (Å²) in [7, 11) is 0. The number of carbonyl (C=O) groups is 2. The number of aromatic nitrogens is 1. The van der Waals surface area contributed by atoms with Crippen LogP contribution in [0.1, 0.15) is 42.2 Å². The third-order valence-corrected chi connectivity index (χ3v) is 4.49. The molecule has 0 unspecified atom stereocenters. The van der Waals surface area contributed by atoms with Crippen LogP contribution >= 0.6 is 0 Å². The van der Waals surface area contributed by atoms with Crippen LogP contribution in [0.3, 0.4) is 0 Å². The van der Waals surface area contributed by atoms with E-state index >= 15 is 0 Å². The Morgan fingerprint density at radius 2 is 1.93 bits per heavy atom. The molecule has 29 heavy (non-hydrogen) atoms. The zero-order valence-electron chi connectivity index (χ0n) is 16.4. The molecule has 0 spiro atoms. The maximum absolute atomic E-state index is 12.4. The molecule has 2 N–H and O–H groups in total. The summed E-state index contributed by atoms with van der Waals surface area (Å²) in [4.78, 5) is 38.4. The minimum atomic E-state index is -0.848.